The van der Waals surface area contributed by atoms with Gasteiger partial charge in [0.1, 0.15) is 10.9 Å². The lowest BCUT2D eigenvalue weighted by atomic mass is 9.85. The molecular formula is C17H18N2O2S. The molecule has 1 unspecified atom stereocenters. The maximum absolute atomic E-state index is 12.3. The topological polar surface area (TPSA) is 59.1 Å². The van der Waals surface area contributed by atoms with Gasteiger partial charge in [-0.1, -0.05) is 23.8 Å². The van der Waals surface area contributed by atoms with E-state index in [1.54, 1.807) is 0 Å². The lowest BCUT2D eigenvalue weighted by Gasteiger charge is -2.33. The van der Waals surface area contributed by atoms with Gasteiger partial charge < -0.3 is 5.32 Å². The first kappa shape index (κ1) is 14.9. The molecule has 1 atom stereocenters. The average molecular weight is 314 g/mol. The molecule has 0 bridgehead atoms. The lowest BCUT2D eigenvalue weighted by Crippen LogP contribution is -2.53. The number of Topliss-reactive ketones (excluding diaryl/α,β-unsaturated/α-hetero) is 1. The Kier molecular flexibility index (Phi) is 3.60. The van der Waals surface area contributed by atoms with Crippen LogP contribution >= 0.6 is 11.3 Å². The molecule has 2 aromatic rings. The zero-order valence-corrected chi connectivity index (χ0v) is 13.7. The highest BCUT2D eigenvalue weighted by Crippen LogP contribution is 2.32. The fourth-order valence-corrected chi connectivity index (χ4v) is 3.69. The van der Waals surface area contributed by atoms with Gasteiger partial charge in [-0.2, -0.15) is 0 Å². The predicted molar refractivity (Wildman–Crippen MR) is 86.9 cm³/mol. The van der Waals surface area contributed by atoms with E-state index < -0.39 is 11.5 Å². The lowest BCUT2D eigenvalue weighted by molar-refractivity contribution is -0.136. The summed E-state index contributed by atoms with van der Waals surface area (Å²) in [5.41, 5.74) is 2.50. The van der Waals surface area contributed by atoms with E-state index in [2.05, 4.69) is 10.3 Å². The van der Waals surface area contributed by atoms with Crippen LogP contribution in [0.5, 0.6) is 0 Å². The second-order valence-electron chi connectivity index (χ2n) is 6.39. The summed E-state index contributed by atoms with van der Waals surface area (Å²) in [7, 11) is 0. The molecule has 0 aliphatic carbocycles. The first-order valence-electron chi connectivity index (χ1n) is 7.23. The van der Waals surface area contributed by atoms with E-state index in [9.17, 15) is 9.59 Å². The standard InChI is InChI=1S/C17H18N2O2S/c1-10-5-4-6-11(7-10)12-9-22-16(18-12)14-13(20)8-17(2,3)19-15(14)21/h4-7,9,14H,8H2,1-3H3,(H,19,21). The molecule has 114 valence electrons. The normalized spacial score (nSPS) is 20.8. The number of carbonyl (C=O) groups excluding carboxylic acids is 2. The van der Waals surface area contributed by atoms with Crippen molar-refractivity contribution in [3.05, 3.63) is 40.2 Å². The molecule has 4 nitrogen and oxygen atoms in total. The number of aryl methyl sites for hydroxylation is 1. The van der Waals surface area contributed by atoms with Crippen molar-refractivity contribution in [2.45, 2.75) is 38.6 Å². The number of amides is 1. The predicted octanol–water partition coefficient (Wildman–Crippen LogP) is 3.07. The first-order valence-corrected chi connectivity index (χ1v) is 8.11. The minimum Gasteiger partial charge on any atom is -0.350 e. The fraction of sp³-hybridized carbons (Fsp3) is 0.353. The van der Waals surface area contributed by atoms with Gasteiger partial charge in [0, 0.05) is 22.9 Å². The molecule has 0 saturated carbocycles. The number of rotatable bonds is 2. The van der Waals surface area contributed by atoms with Crippen LogP contribution in [0.15, 0.2) is 29.6 Å². The number of nitrogens with one attached hydrogen (secondary N) is 1. The molecule has 0 radical (unpaired) electrons. The number of piperidine rings is 1. The third-order valence-electron chi connectivity index (χ3n) is 3.74. The highest BCUT2D eigenvalue weighted by atomic mass is 32.1. The monoisotopic (exact) mass is 314 g/mol. The van der Waals surface area contributed by atoms with E-state index in [1.165, 1.54) is 11.3 Å². The van der Waals surface area contributed by atoms with Crippen molar-refractivity contribution in [1.29, 1.82) is 0 Å². The van der Waals surface area contributed by atoms with Crippen molar-refractivity contribution < 1.29 is 9.59 Å². The number of hydrogen-bond donors (Lipinski definition) is 1. The Balaban J connectivity index is 1.91. The van der Waals surface area contributed by atoms with E-state index in [0.717, 1.165) is 16.8 Å². The molecule has 2 heterocycles. The molecule has 1 saturated heterocycles. The van der Waals surface area contributed by atoms with Crippen LogP contribution in [0, 0.1) is 6.92 Å². The van der Waals surface area contributed by atoms with E-state index in [4.69, 9.17) is 0 Å². The number of ketones is 1. The quantitative estimate of drug-likeness (QED) is 0.867. The third-order valence-corrected chi connectivity index (χ3v) is 4.65. The van der Waals surface area contributed by atoms with Gasteiger partial charge in [-0.15, -0.1) is 11.3 Å². The van der Waals surface area contributed by atoms with Crippen LogP contribution in [0.2, 0.25) is 0 Å². The Morgan fingerprint density at radius 1 is 1.32 bits per heavy atom. The minimum absolute atomic E-state index is 0.0566. The van der Waals surface area contributed by atoms with Gasteiger partial charge in [-0.25, -0.2) is 4.98 Å². The van der Waals surface area contributed by atoms with Gasteiger partial charge in [0.2, 0.25) is 5.91 Å². The Morgan fingerprint density at radius 3 is 2.77 bits per heavy atom. The van der Waals surface area contributed by atoms with Crippen LogP contribution < -0.4 is 5.32 Å². The maximum Gasteiger partial charge on any atom is 0.237 e. The zero-order valence-electron chi connectivity index (χ0n) is 12.8. The fourth-order valence-electron chi connectivity index (χ4n) is 2.74. The van der Waals surface area contributed by atoms with E-state index in [-0.39, 0.29) is 11.7 Å². The highest BCUT2D eigenvalue weighted by Gasteiger charge is 2.41. The summed E-state index contributed by atoms with van der Waals surface area (Å²) >= 11 is 1.37. The molecule has 1 aliphatic rings. The van der Waals surface area contributed by atoms with Crippen molar-refractivity contribution in [3.8, 4) is 11.3 Å². The molecule has 1 N–H and O–H groups in total. The van der Waals surface area contributed by atoms with E-state index in [0.29, 0.717) is 11.4 Å². The van der Waals surface area contributed by atoms with Crippen molar-refractivity contribution in [2.24, 2.45) is 0 Å². The number of hydrogen-bond acceptors (Lipinski definition) is 4. The van der Waals surface area contributed by atoms with Gasteiger partial charge in [-0.3, -0.25) is 9.59 Å². The van der Waals surface area contributed by atoms with Gasteiger partial charge in [0.15, 0.2) is 5.78 Å². The first-order chi connectivity index (χ1) is 10.4. The summed E-state index contributed by atoms with van der Waals surface area (Å²) in [5, 5.41) is 5.39. The van der Waals surface area contributed by atoms with Crippen LogP contribution in [0.4, 0.5) is 0 Å². The molecule has 1 fully saturated rings. The van der Waals surface area contributed by atoms with Crippen molar-refractivity contribution in [2.75, 3.05) is 0 Å². The van der Waals surface area contributed by atoms with Gasteiger partial charge >= 0.3 is 0 Å². The number of benzene rings is 1. The van der Waals surface area contributed by atoms with Crippen LogP contribution in [-0.2, 0) is 9.59 Å². The Morgan fingerprint density at radius 2 is 2.09 bits per heavy atom. The van der Waals surface area contributed by atoms with Crippen LogP contribution in [-0.4, -0.2) is 22.2 Å². The van der Waals surface area contributed by atoms with Gasteiger partial charge in [-0.05, 0) is 26.8 Å². The van der Waals surface area contributed by atoms with Crippen LogP contribution in [0.25, 0.3) is 11.3 Å². The highest BCUT2D eigenvalue weighted by molar-refractivity contribution is 7.10. The van der Waals surface area contributed by atoms with Crippen LogP contribution in [0.3, 0.4) is 0 Å². The molecule has 22 heavy (non-hydrogen) atoms. The number of aromatic nitrogens is 1. The third kappa shape index (κ3) is 2.81. The minimum atomic E-state index is -0.767. The SMILES string of the molecule is Cc1cccc(-c2csc(C3C(=O)CC(C)(C)NC3=O)n2)c1. The summed E-state index contributed by atoms with van der Waals surface area (Å²) in [4.78, 5) is 29.1. The smallest absolute Gasteiger partial charge is 0.237 e. The summed E-state index contributed by atoms with van der Waals surface area (Å²) < 4.78 is 0. The van der Waals surface area contributed by atoms with Crippen molar-refractivity contribution in [1.82, 2.24) is 10.3 Å². The molecule has 3 rings (SSSR count). The number of carbonyl (C=O) groups is 2. The largest absolute Gasteiger partial charge is 0.350 e. The summed E-state index contributed by atoms with van der Waals surface area (Å²) in [6, 6.07) is 8.03. The summed E-state index contributed by atoms with van der Waals surface area (Å²) in [5.74, 6) is -1.07. The second-order valence-corrected chi connectivity index (χ2v) is 7.28. The van der Waals surface area contributed by atoms with Gasteiger partial charge in [0.25, 0.3) is 0 Å². The Hall–Kier alpha value is -2.01. The second kappa shape index (κ2) is 5.32. The number of nitrogens with zero attached hydrogens (tertiary/aromatic N) is 1. The van der Waals surface area contributed by atoms with E-state index >= 15 is 0 Å². The average Bonchev–Trinajstić information content (AvgIpc) is 2.85. The molecular weight excluding hydrogens is 296 g/mol. The molecule has 0 spiro atoms. The van der Waals surface area contributed by atoms with E-state index in [1.807, 2.05) is 50.4 Å². The van der Waals surface area contributed by atoms with Crippen molar-refractivity contribution >= 4 is 23.0 Å². The molecule has 1 aliphatic heterocycles. The Bertz CT molecular complexity index is 729. The number of thiazole rings is 1. The summed E-state index contributed by atoms with van der Waals surface area (Å²) in [6.45, 7) is 5.75. The summed E-state index contributed by atoms with van der Waals surface area (Å²) in [6.07, 6.45) is 0.336. The zero-order chi connectivity index (χ0) is 15.9. The maximum atomic E-state index is 12.3. The molecule has 5 heteroatoms. The molecule has 1 aromatic heterocycles. The molecule has 1 amide bonds. The van der Waals surface area contributed by atoms with Crippen LogP contribution in [0.1, 0.15) is 36.8 Å². The molecule has 1 aromatic carbocycles. The Labute approximate surface area is 133 Å². The van der Waals surface area contributed by atoms with Crippen molar-refractivity contribution in [3.63, 3.8) is 0 Å². The van der Waals surface area contributed by atoms with Gasteiger partial charge in [0.05, 0.1) is 5.69 Å².